The lowest BCUT2D eigenvalue weighted by molar-refractivity contribution is -0.153. The van der Waals surface area contributed by atoms with Crippen LogP contribution in [-0.2, 0) is 14.3 Å². The van der Waals surface area contributed by atoms with Crippen molar-refractivity contribution in [1.29, 1.82) is 0 Å². The molecule has 0 fully saturated rings. The molecule has 1 aromatic rings. The van der Waals surface area contributed by atoms with Gasteiger partial charge in [-0.1, -0.05) is 19.1 Å². The van der Waals surface area contributed by atoms with Crippen molar-refractivity contribution in [2.24, 2.45) is 0 Å². The molecule has 0 aliphatic carbocycles. The van der Waals surface area contributed by atoms with Crippen LogP contribution in [0.1, 0.15) is 44.0 Å². The average Bonchev–Trinajstić information content (AvgIpc) is 2.47. The molecule has 1 unspecified atom stereocenters. The van der Waals surface area contributed by atoms with Gasteiger partial charge in [-0.25, -0.2) is 4.79 Å². The molecule has 0 saturated heterocycles. The van der Waals surface area contributed by atoms with Crippen LogP contribution in [0.3, 0.4) is 0 Å². The third-order valence-corrected chi connectivity index (χ3v) is 2.91. The first-order valence-electron chi connectivity index (χ1n) is 6.98. The van der Waals surface area contributed by atoms with Gasteiger partial charge in [-0.15, -0.1) is 0 Å². The minimum atomic E-state index is -0.980. The molecule has 0 aliphatic heterocycles. The van der Waals surface area contributed by atoms with Gasteiger partial charge in [0.1, 0.15) is 5.75 Å². The zero-order valence-electron chi connectivity index (χ0n) is 12.5. The predicted octanol–water partition coefficient (Wildman–Crippen LogP) is 2.57. The van der Waals surface area contributed by atoms with Crippen LogP contribution in [0.15, 0.2) is 24.3 Å². The summed E-state index contributed by atoms with van der Waals surface area (Å²) in [4.78, 5) is 35.0. The van der Waals surface area contributed by atoms with Crippen LogP contribution in [0, 0.1) is 0 Å². The van der Waals surface area contributed by atoms with Crippen LogP contribution >= 0.6 is 0 Å². The van der Waals surface area contributed by atoms with E-state index in [1.807, 2.05) is 13.8 Å². The fourth-order valence-electron chi connectivity index (χ4n) is 1.62. The van der Waals surface area contributed by atoms with Gasteiger partial charge in [0.05, 0.1) is 24.7 Å². The number of rotatable bonds is 8. The highest BCUT2D eigenvalue weighted by Gasteiger charge is 2.22. The van der Waals surface area contributed by atoms with Crippen LogP contribution < -0.4 is 4.74 Å². The van der Waals surface area contributed by atoms with Gasteiger partial charge in [0.15, 0.2) is 5.78 Å². The lowest BCUT2D eigenvalue weighted by atomic mass is 10.0. The summed E-state index contributed by atoms with van der Waals surface area (Å²) in [5.41, 5.74) is 0.301. The lowest BCUT2D eigenvalue weighted by Crippen LogP contribution is -2.21. The molecule has 21 heavy (non-hydrogen) atoms. The molecule has 0 aromatic heterocycles. The molecule has 0 saturated carbocycles. The number of hydrogen-bond acceptors (Lipinski definition) is 5. The van der Waals surface area contributed by atoms with Gasteiger partial charge in [0.25, 0.3) is 0 Å². The quantitative estimate of drug-likeness (QED) is 0.319. The van der Waals surface area contributed by atoms with Crippen molar-refractivity contribution in [3.63, 3.8) is 0 Å². The fourth-order valence-corrected chi connectivity index (χ4v) is 1.62. The van der Waals surface area contributed by atoms with Gasteiger partial charge in [-0.3, -0.25) is 9.59 Å². The Balaban J connectivity index is 2.83. The zero-order valence-corrected chi connectivity index (χ0v) is 12.5. The molecular weight excluding hydrogens is 272 g/mol. The number of para-hydroxylation sites is 1. The first-order valence-corrected chi connectivity index (χ1v) is 6.98. The molecule has 114 valence electrons. The van der Waals surface area contributed by atoms with Crippen LogP contribution in [-0.4, -0.2) is 30.2 Å². The molecule has 1 aromatic carbocycles. The number of benzene rings is 1. The monoisotopic (exact) mass is 292 g/mol. The first-order chi connectivity index (χ1) is 9.99. The summed E-state index contributed by atoms with van der Waals surface area (Å²) in [6.07, 6.45) is 0.240. The minimum absolute atomic E-state index is 0.0419. The van der Waals surface area contributed by atoms with Crippen LogP contribution in [0.5, 0.6) is 5.75 Å². The summed E-state index contributed by atoms with van der Waals surface area (Å²) in [7, 11) is 0. The van der Waals surface area contributed by atoms with E-state index in [-0.39, 0.29) is 12.7 Å². The van der Waals surface area contributed by atoms with E-state index in [4.69, 9.17) is 4.74 Å². The van der Waals surface area contributed by atoms with Crippen molar-refractivity contribution in [1.82, 2.24) is 0 Å². The summed E-state index contributed by atoms with van der Waals surface area (Å²) in [5, 5.41) is 0. The fraction of sp³-hybridized carbons (Fsp3) is 0.438. The van der Waals surface area contributed by atoms with Gasteiger partial charge < -0.3 is 9.47 Å². The van der Waals surface area contributed by atoms with Crippen LogP contribution in [0.4, 0.5) is 0 Å². The Morgan fingerprint density at radius 3 is 2.43 bits per heavy atom. The highest BCUT2D eigenvalue weighted by molar-refractivity contribution is 6.38. The predicted molar refractivity (Wildman–Crippen MR) is 77.4 cm³/mol. The van der Waals surface area contributed by atoms with E-state index in [9.17, 15) is 14.4 Å². The molecule has 0 spiro atoms. The minimum Gasteiger partial charge on any atom is -0.490 e. The van der Waals surface area contributed by atoms with Crippen molar-refractivity contribution in [3.8, 4) is 5.75 Å². The summed E-state index contributed by atoms with van der Waals surface area (Å²) in [6, 6.07) is 6.69. The standard InChI is InChI=1S/C16H20O5/c1-4-11(3)21-15-9-7-6-8-12(15)13(17)10-14(18)16(19)20-5-2/h6-9,11H,4-5,10H2,1-3H3. The summed E-state index contributed by atoms with van der Waals surface area (Å²) in [6.45, 7) is 5.57. The van der Waals surface area contributed by atoms with Crippen molar-refractivity contribution < 1.29 is 23.9 Å². The zero-order chi connectivity index (χ0) is 15.8. The highest BCUT2D eigenvalue weighted by Crippen LogP contribution is 2.21. The first kappa shape index (κ1) is 16.9. The van der Waals surface area contributed by atoms with Crippen molar-refractivity contribution in [3.05, 3.63) is 29.8 Å². The van der Waals surface area contributed by atoms with E-state index in [2.05, 4.69) is 4.74 Å². The molecule has 0 radical (unpaired) electrons. The Morgan fingerprint density at radius 2 is 1.81 bits per heavy atom. The molecule has 5 heteroatoms. The second kappa shape index (κ2) is 8.19. The smallest absolute Gasteiger partial charge is 0.375 e. The molecule has 1 rings (SSSR count). The van der Waals surface area contributed by atoms with E-state index >= 15 is 0 Å². The molecule has 0 amide bonds. The number of ketones is 2. The Bertz CT molecular complexity index is 521. The van der Waals surface area contributed by atoms with Gasteiger partial charge in [-0.2, -0.15) is 0 Å². The van der Waals surface area contributed by atoms with Gasteiger partial charge >= 0.3 is 5.97 Å². The van der Waals surface area contributed by atoms with Gasteiger partial charge in [0.2, 0.25) is 5.78 Å². The van der Waals surface area contributed by atoms with E-state index in [0.29, 0.717) is 11.3 Å². The largest absolute Gasteiger partial charge is 0.490 e. The Hall–Kier alpha value is -2.17. The number of carbonyl (C=O) groups excluding carboxylic acids is 3. The van der Waals surface area contributed by atoms with E-state index in [1.165, 1.54) is 0 Å². The van der Waals surface area contributed by atoms with Gasteiger partial charge in [-0.05, 0) is 32.4 Å². The Kier molecular flexibility index (Phi) is 6.59. The maximum atomic E-state index is 12.1. The second-order valence-corrected chi connectivity index (χ2v) is 4.58. The van der Waals surface area contributed by atoms with Crippen molar-refractivity contribution in [2.45, 2.75) is 39.7 Å². The number of esters is 1. The lowest BCUT2D eigenvalue weighted by Gasteiger charge is -2.15. The van der Waals surface area contributed by atoms with Gasteiger partial charge in [0, 0.05) is 0 Å². The number of carbonyl (C=O) groups is 3. The average molecular weight is 292 g/mol. The SMILES string of the molecule is CCOC(=O)C(=O)CC(=O)c1ccccc1OC(C)CC. The van der Waals surface area contributed by atoms with Crippen molar-refractivity contribution in [2.75, 3.05) is 6.61 Å². The summed E-state index contributed by atoms with van der Waals surface area (Å²) < 4.78 is 10.2. The molecule has 0 heterocycles. The molecule has 1 atom stereocenters. The maximum Gasteiger partial charge on any atom is 0.375 e. The molecule has 0 N–H and O–H groups in total. The number of hydrogen-bond donors (Lipinski definition) is 0. The summed E-state index contributed by atoms with van der Waals surface area (Å²) >= 11 is 0. The maximum absolute atomic E-state index is 12.1. The Labute approximate surface area is 124 Å². The third-order valence-electron chi connectivity index (χ3n) is 2.91. The molecular formula is C16H20O5. The normalized spacial score (nSPS) is 11.6. The highest BCUT2D eigenvalue weighted by atomic mass is 16.5. The summed E-state index contributed by atoms with van der Waals surface area (Å²) in [5.74, 6) is -1.85. The van der Waals surface area contributed by atoms with E-state index in [1.54, 1.807) is 31.2 Å². The molecule has 0 bridgehead atoms. The van der Waals surface area contributed by atoms with E-state index < -0.39 is 24.0 Å². The van der Waals surface area contributed by atoms with E-state index in [0.717, 1.165) is 6.42 Å². The van der Waals surface area contributed by atoms with Crippen molar-refractivity contribution >= 4 is 17.5 Å². The molecule has 5 nitrogen and oxygen atoms in total. The molecule has 0 aliphatic rings. The van der Waals surface area contributed by atoms with Crippen LogP contribution in [0.2, 0.25) is 0 Å². The topological polar surface area (TPSA) is 69.7 Å². The number of Topliss-reactive ketones (excluding diaryl/α,β-unsaturated/α-hetero) is 2. The number of ether oxygens (including phenoxy) is 2. The Morgan fingerprint density at radius 1 is 1.14 bits per heavy atom. The third kappa shape index (κ3) is 5.02. The second-order valence-electron chi connectivity index (χ2n) is 4.58. The van der Waals surface area contributed by atoms with Crippen LogP contribution in [0.25, 0.3) is 0 Å².